The average molecular weight is 374 g/mol. The minimum atomic E-state index is 0. The van der Waals surface area contributed by atoms with Crippen LogP contribution in [0, 0.1) is 46.0 Å². The molecule has 11 heavy (non-hydrogen) atoms. The molecule has 0 unspecified atom stereocenters. The van der Waals surface area contributed by atoms with Gasteiger partial charge in [-0.3, -0.25) is 0 Å². The maximum absolute atomic E-state index is 2.16. The normalized spacial score (nSPS) is 6.64. The summed E-state index contributed by atoms with van der Waals surface area (Å²) in [4.78, 5) is 0. The van der Waals surface area contributed by atoms with Crippen LogP contribution in [0.4, 0.5) is 0 Å². The number of hydrogen-bond donors (Lipinski definition) is 0. The Morgan fingerprint density at radius 1 is 1.00 bits per heavy atom. The van der Waals surface area contributed by atoms with Gasteiger partial charge in [-0.25, -0.2) is 0 Å². The molecule has 0 radical (unpaired) electrons. The van der Waals surface area contributed by atoms with Gasteiger partial charge in [0.1, 0.15) is 0 Å². The molecule has 0 N–H and O–H groups in total. The zero-order chi connectivity index (χ0) is 5.82. The van der Waals surface area contributed by atoms with E-state index < -0.39 is 0 Å². The van der Waals surface area contributed by atoms with E-state index in [9.17, 15) is 0 Å². The first-order chi connectivity index (χ1) is 3.93. The van der Waals surface area contributed by atoms with Crippen LogP contribution in [-0.2, 0) is 6.42 Å². The van der Waals surface area contributed by atoms with Gasteiger partial charge in [0.15, 0.2) is 0 Å². The predicted molar refractivity (Wildman–Crippen MR) is 48.6 cm³/mol. The molecule has 0 atom stereocenters. The van der Waals surface area contributed by atoms with Gasteiger partial charge in [0.05, 0.1) is 0 Å². The molecule has 0 saturated heterocycles. The summed E-state index contributed by atoms with van der Waals surface area (Å²) in [5.41, 5.74) is 1.41. The van der Waals surface area contributed by atoms with E-state index in [4.69, 9.17) is 0 Å². The monoisotopic (exact) mass is 374 g/mol. The fourth-order valence-corrected chi connectivity index (χ4v) is 0.714. The van der Waals surface area contributed by atoms with Gasteiger partial charge in [-0.2, -0.15) is 0 Å². The van der Waals surface area contributed by atoms with Crippen molar-refractivity contribution in [3.63, 3.8) is 0 Å². The van der Waals surface area contributed by atoms with Gasteiger partial charge in [0.2, 0.25) is 0 Å². The Balaban J connectivity index is -0.000000213. The molecule has 0 saturated carbocycles. The van der Waals surface area contributed by atoms with Gasteiger partial charge < -0.3 is 14.9 Å². The van der Waals surface area contributed by atoms with Crippen LogP contribution in [0.5, 0.6) is 0 Å². The van der Waals surface area contributed by atoms with E-state index in [1.54, 1.807) is 0 Å². The van der Waals surface area contributed by atoms with Crippen molar-refractivity contribution < 1.29 is 31.1 Å². The summed E-state index contributed by atoms with van der Waals surface area (Å²) >= 11 is 0. The van der Waals surface area contributed by atoms with Gasteiger partial charge in [-0.1, -0.05) is 37.3 Å². The van der Waals surface area contributed by atoms with Gasteiger partial charge >= 0.3 is 31.1 Å². The number of aryl methyl sites for hydroxylation is 1. The molecule has 1 heteroatoms. The summed E-state index contributed by atoms with van der Waals surface area (Å²) in [6, 6.07) is 10.5. The first-order valence-electron chi connectivity index (χ1n) is 2.97. The molecule has 0 nitrogen and oxygen atoms in total. The largest absolute Gasteiger partial charge is 2.00 e. The van der Waals surface area contributed by atoms with Gasteiger partial charge in [-0.05, 0) is 12.0 Å². The Bertz CT molecular complexity index is 146. The first-order valence-corrected chi connectivity index (χ1v) is 2.97. The van der Waals surface area contributed by atoms with Crippen LogP contribution in [0.15, 0.2) is 30.3 Å². The third-order valence-corrected chi connectivity index (χ3v) is 1.25. The quantitative estimate of drug-likeness (QED) is 0.663. The van der Waals surface area contributed by atoms with Crippen LogP contribution in [0.3, 0.4) is 0 Å². The second kappa shape index (κ2) is 10.3. The van der Waals surface area contributed by atoms with Crippen molar-refractivity contribution in [1.29, 1.82) is 0 Å². The predicted octanol–water partition coefficient (Wildman–Crippen LogP) is 3.15. The number of rotatable bonds is 1. The maximum Gasteiger partial charge on any atom is 2.00 e. The second-order valence-electron chi connectivity index (χ2n) is 1.84. The Labute approximate surface area is 94.8 Å². The Kier molecular flexibility index (Phi) is 16.2. The van der Waals surface area contributed by atoms with Crippen LogP contribution in [0.25, 0.3) is 0 Å². The van der Waals surface area contributed by atoms with E-state index in [1.807, 2.05) is 6.07 Å². The molecule has 1 aromatic carbocycles. The molecule has 1 rings (SSSR count). The number of hydrogen-bond acceptors (Lipinski definition) is 0. The Morgan fingerprint density at radius 3 is 1.73 bits per heavy atom. The smallest absolute Gasteiger partial charge is 0.358 e. The summed E-state index contributed by atoms with van der Waals surface area (Å²) in [5, 5.41) is 0. The molecule has 0 aliphatic carbocycles. The van der Waals surface area contributed by atoms with Crippen LogP contribution in [0.1, 0.15) is 12.5 Å². The van der Waals surface area contributed by atoms with E-state index in [-0.39, 0.29) is 46.0 Å². The Morgan fingerprint density at radius 2 is 1.45 bits per heavy atom. The van der Waals surface area contributed by atoms with Crippen molar-refractivity contribution in [2.24, 2.45) is 0 Å². The maximum atomic E-state index is 2.16. The zero-order valence-corrected chi connectivity index (χ0v) is 11.8. The molecule has 0 heterocycles. The van der Waals surface area contributed by atoms with Crippen molar-refractivity contribution in [1.82, 2.24) is 0 Å². The third-order valence-electron chi connectivity index (χ3n) is 1.25. The second-order valence-corrected chi connectivity index (χ2v) is 1.84. The number of benzene rings is 1. The van der Waals surface area contributed by atoms with Crippen molar-refractivity contribution in [3.05, 3.63) is 50.7 Å². The van der Waals surface area contributed by atoms with Gasteiger partial charge in [-0.15, -0.1) is 0 Å². The minimum Gasteiger partial charge on any atom is -0.358 e. The van der Waals surface area contributed by atoms with Gasteiger partial charge in [0, 0.05) is 0 Å². The first kappa shape index (κ1) is 17.4. The third kappa shape index (κ3) is 6.66. The minimum absolute atomic E-state index is 0. The van der Waals surface area contributed by atoms with E-state index in [0.717, 1.165) is 6.42 Å². The molecule has 0 aliphatic heterocycles. The molecule has 60 valence electrons. The Hall–Kier alpha value is 0.272. The molecule has 0 aromatic heterocycles. The molecule has 0 bridgehead atoms. The van der Waals surface area contributed by atoms with E-state index >= 15 is 0 Å². The summed E-state index contributed by atoms with van der Waals surface area (Å²) in [5.74, 6) is 0. The van der Waals surface area contributed by atoms with Crippen molar-refractivity contribution >= 4 is 0 Å². The summed E-state index contributed by atoms with van der Waals surface area (Å²) in [6.07, 6.45) is 1.14. The SMILES string of the molecule is CCc1ccccc1.[CH3-].[CH3-].[U+2]. The molecular weight excluding hydrogens is 358 g/mol. The van der Waals surface area contributed by atoms with Crippen LogP contribution >= 0.6 is 0 Å². The zero-order valence-electron chi connectivity index (χ0n) is 7.59. The molecular formula is C10H16U. The fraction of sp³-hybridized carbons (Fsp3) is 0.200. The standard InChI is InChI=1S/C8H10.2CH3.U/c1-2-8-6-4-3-5-7-8;;;/h3-7H,2H2,1H3;2*1H3;/q;2*-1;+2. The van der Waals surface area contributed by atoms with Crippen molar-refractivity contribution in [2.45, 2.75) is 13.3 Å². The molecule has 0 aliphatic rings. The van der Waals surface area contributed by atoms with E-state index in [1.165, 1.54) is 5.56 Å². The van der Waals surface area contributed by atoms with Crippen LogP contribution < -0.4 is 0 Å². The molecule has 0 fully saturated rings. The summed E-state index contributed by atoms with van der Waals surface area (Å²) < 4.78 is 0. The van der Waals surface area contributed by atoms with E-state index in [0.29, 0.717) is 0 Å². The average Bonchev–Trinajstić information content (AvgIpc) is 1.90. The summed E-state index contributed by atoms with van der Waals surface area (Å²) in [6.45, 7) is 2.16. The van der Waals surface area contributed by atoms with Crippen molar-refractivity contribution in [2.75, 3.05) is 0 Å². The van der Waals surface area contributed by atoms with Crippen molar-refractivity contribution in [3.8, 4) is 0 Å². The fourth-order valence-electron chi connectivity index (χ4n) is 0.714. The van der Waals surface area contributed by atoms with Gasteiger partial charge in [0.25, 0.3) is 0 Å². The summed E-state index contributed by atoms with van der Waals surface area (Å²) in [7, 11) is 0. The molecule has 1 aromatic rings. The topological polar surface area (TPSA) is 0 Å². The molecule has 0 spiro atoms. The van der Waals surface area contributed by atoms with E-state index in [2.05, 4.69) is 31.2 Å². The van der Waals surface area contributed by atoms with Crippen LogP contribution in [0.2, 0.25) is 0 Å². The molecule has 0 amide bonds. The van der Waals surface area contributed by atoms with Crippen LogP contribution in [-0.4, -0.2) is 0 Å².